The number of thiophene rings is 1. The molecule has 1 aromatic carbocycles. The van der Waals surface area contributed by atoms with Crippen molar-refractivity contribution < 1.29 is 14.4 Å². The van der Waals surface area contributed by atoms with E-state index in [4.69, 9.17) is 0 Å². The van der Waals surface area contributed by atoms with Crippen LogP contribution < -0.4 is 10.6 Å². The minimum Gasteiger partial charge on any atom is -0.350 e. The van der Waals surface area contributed by atoms with E-state index in [1.54, 1.807) is 18.3 Å². The number of fused-ring (bicyclic) bond motifs is 1. The van der Waals surface area contributed by atoms with Crippen molar-refractivity contribution in [3.8, 4) is 0 Å². The Morgan fingerprint density at radius 3 is 2.85 bits per heavy atom. The number of nitrogens with one attached hydrogen (secondary N) is 2. The molecule has 140 valence electrons. The Balaban J connectivity index is 1.47. The molecule has 2 aliphatic rings. The molecular weight excluding hydrogens is 362 g/mol. The number of carbonyl (C=O) groups excluding carboxylic acids is 3. The fraction of sp³-hybridized carbons (Fsp3) is 0.350. The van der Waals surface area contributed by atoms with E-state index in [-0.39, 0.29) is 12.5 Å². The van der Waals surface area contributed by atoms with Crippen molar-refractivity contribution >= 4 is 29.2 Å². The number of nitrogens with zero attached hydrogens (tertiary/aromatic N) is 1. The van der Waals surface area contributed by atoms with Crippen molar-refractivity contribution in [2.75, 3.05) is 6.54 Å². The van der Waals surface area contributed by atoms with Gasteiger partial charge in [-0.05, 0) is 54.3 Å². The van der Waals surface area contributed by atoms with Crippen molar-refractivity contribution in [2.24, 2.45) is 0 Å². The summed E-state index contributed by atoms with van der Waals surface area (Å²) >= 11 is 1.54. The predicted octanol–water partition coefficient (Wildman–Crippen LogP) is 2.32. The van der Waals surface area contributed by atoms with Crippen LogP contribution in [0.1, 0.15) is 34.9 Å². The van der Waals surface area contributed by atoms with E-state index in [1.807, 2.05) is 35.7 Å². The number of benzene rings is 1. The molecule has 4 amide bonds. The van der Waals surface area contributed by atoms with E-state index in [1.165, 1.54) is 11.1 Å². The molecule has 2 N–H and O–H groups in total. The molecule has 0 spiro atoms. The minimum atomic E-state index is -1.14. The van der Waals surface area contributed by atoms with Gasteiger partial charge < -0.3 is 10.6 Å². The van der Waals surface area contributed by atoms with Gasteiger partial charge in [0.05, 0.1) is 6.54 Å². The van der Waals surface area contributed by atoms with Gasteiger partial charge in [-0.25, -0.2) is 4.79 Å². The van der Waals surface area contributed by atoms with Crippen LogP contribution in [0.3, 0.4) is 0 Å². The first-order chi connectivity index (χ1) is 13.0. The van der Waals surface area contributed by atoms with Gasteiger partial charge in [0.25, 0.3) is 5.91 Å². The van der Waals surface area contributed by atoms with Crippen LogP contribution in [0.4, 0.5) is 4.79 Å². The van der Waals surface area contributed by atoms with Crippen molar-refractivity contribution in [1.82, 2.24) is 15.5 Å². The highest BCUT2D eigenvalue weighted by atomic mass is 32.1. The third-order valence-electron chi connectivity index (χ3n) is 5.29. The van der Waals surface area contributed by atoms with Crippen LogP contribution in [0.5, 0.6) is 0 Å². The molecule has 1 aliphatic heterocycles. The molecule has 0 bridgehead atoms. The van der Waals surface area contributed by atoms with Crippen LogP contribution in [0.15, 0.2) is 35.7 Å². The van der Waals surface area contributed by atoms with Gasteiger partial charge in [0.15, 0.2) is 0 Å². The number of imide groups is 1. The highest BCUT2D eigenvalue weighted by Crippen LogP contribution is 2.32. The number of urea groups is 1. The van der Waals surface area contributed by atoms with E-state index >= 15 is 0 Å². The lowest BCUT2D eigenvalue weighted by molar-refractivity contribution is -0.134. The Morgan fingerprint density at radius 1 is 1.26 bits per heavy atom. The van der Waals surface area contributed by atoms with Gasteiger partial charge in [-0.3, -0.25) is 14.5 Å². The Morgan fingerprint density at radius 2 is 2.07 bits per heavy atom. The van der Waals surface area contributed by atoms with Crippen molar-refractivity contribution in [2.45, 2.75) is 38.3 Å². The number of hydrogen-bond donors (Lipinski definition) is 2. The quantitative estimate of drug-likeness (QED) is 0.778. The summed E-state index contributed by atoms with van der Waals surface area (Å²) in [6.07, 6.45) is 3.17. The molecule has 27 heavy (non-hydrogen) atoms. The maximum Gasteiger partial charge on any atom is 0.325 e. The maximum atomic E-state index is 13.0. The number of hydrogen-bond acceptors (Lipinski definition) is 4. The zero-order chi connectivity index (χ0) is 19.0. The molecule has 7 heteroatoms. The van der Waals surface area contributed by atoms with Crippen molar-refractivity contribution in [3.63, 3.8) is 0 Å². The minimum absolute atomic E-state index is 0.281. The van der Waals surface area contributed by atoms with Gasteiger partial charge in [0, 0.05) is 4.88 Å². The standard InChI is InChI=1S/C20H21N3O3S/c1-20(15-8-7-13-4-2-5-14(13)10-15)18(25)23(19(26)22-20)12-17(24)21-11-16-6-3-9-27-16/h3,6-10H,2,4-5,11-12H2,1H3,(H,21,24)(H,22,26)/t20-/m1/s1. The number of aryl methyl sites for hydroxylation is 2. The summed E-state index contributed by atoms with van der Waals surface area (Å²) in [6.45, 7) is 1.81. The first kappa shape index (κ1) is 17.7. The lowest BCUT2D eigenvalue weighted by Crippen LogP contribution is -2.43. The molecule has 4 rings (SSSR count). The second-order valence-corrected chi connectivity index (χ2v) is 8.17. The van der Waals surface area contributed by atoms with Crippen LogP contribution >= 0.6 is 11.3 Å². The number of carbonyl (C=O) groups is 3. The monoisotopic (exact) mass is 383 g/mol. The second kappa shape index (κ2) is 6.81. The van der Waals surface area contributed by atoms with Gasteiger partial charge in [-0.15, -0.1) is 11.3 Å². The van der Waals surface area contributed by atoms with Crippen LogP contribution in [0.2, 0.25) is 0 Å². The molecule has 1 atom stereocenters. The van der Waals surface area contributed by atoms with E-state index in [2.05, 4.69) is 10.6 Å². The Bertz CT molecular complexity index is 909. The first-order valence-corrected chi connectivity index (χ1v) is 9.91. The van der Waals surface area contributed by atoms with Crippen molar-refractivity contribution in [3.05, 3.63) is 57.3 Å². The van der Waals surface area contributed by atoms with E-state index in [9.17, 15) is 14.4 Å². The summed E-state index contributed by atoms with van der Waals surface area (Å²) in [4.78, 5) is 39.6. The highest BCUT2D eigenvalue weighted by molar-refractivity contribution is 7.09. The molecule has 2 heterocycles. The van der Waals surface area contributed by atoms with Gasteiger partial charge >= 0.3 is 6.03 Å². The van der Waals surface area contributed by atoms with Gasteiger partial charge in [0.2, 0.25) is 5.91 Å². The Labute approximate surface area is 161 Å². The third kappa shape index (κ3) is 3.23. The zero-order valence-corrected chi connectivity index (χ0v) is 15.9. The molecule has 6 nitrogen and oxygen atoms in total. The highest BCUT2D eigenvalue weighted by Gasteiger charge is 2.49. The summed E-state index contributed by atoms with van der Waals surface area (Å²) in [6, 6.07) is 9.26. The summed E-state index contributed by atoms with van der Waals surface area (Å²) < 4.78 is 0. The zero-order valence-electron chi connectivity index (χ0n) is 15.1. The lowest BCUT2D eigenvalue weighted by atomic mass is 9.89. The molecule has 1 aliphatic carbocycles. The molecule has 2 aromatic rings. The predicted molar refractivity (Wildman–Crippen MR) is 102 cm³/mol. The van der Waals surface area contributed by atoms with E-state index in [0.717, 1.165) is 34.6 Å². The van der Waals surface area contributed by atoms with E-state index in [0.29, 0.717) is 6.54 Å². The molecule has 1 fully saturated rings. The molecular formula is C20H21N3O3S. The van der Waals surface area contributed by atoms with Gasteiger partial charge in [-0.1, -0.05) is 24.3 Å². The fourth-order valence-electron chi connectivity index (χ4n) is 3.72. The average molecular weight is 383 g/mol. The van der Waals surface area contributed by atoms with Crippen LogP contribution in [-0.2, 0) is 34.5 Å². The summed E-state index contributed by atoms with van der Waals surface area (Å²) in [7, 11) is 0. The average Bonchev–Trinajstić information content (AvgIpc) is 3.37. The molecule has 0 radical (unpaired) electrons. The van der Waals surface area contributed by atoms with Crippen LogP contribution in [0, 0.1) is 0 Å². The topological polar surface area (TPSA) is 78.5 Å². The van der Waals surface area contributed by atoms with Crippen LogP contribution in [0.25, 0.3) is 0 Å². The molecule has 0 unspecified atom stereocenters. The number of amides is 4. The maximum absolute atomic E-state index is 13.0. The summed E-state index contributed by atoms with van der Waals surface area (Å²) in [5.41, 5.74) is 2.18. The Kier molecular flexibility index (Phi) is 4.47. The van der Waals surface area contributed by atoms with Gasteiger partial charge in [-0.2, -0.15) is 0 Å². The second-order valence-electron chi connectivity index (χ2n) is 7.14. The third-order valence-corrected chi connectivity index (χ3v) is 6.17. The Hall–Kier alpha value is -2.67. The smallest absolute Gasteiger partial charge is 0.325 e. The fourth-order valence-corrected chi connectivity index (χ4v) is 4.36. The lowest BCUT2D eigenvalue weighted by Gasteiger charge is -2.23. The van der Waals surface area contributed by atoms with Crippen LogP contribution in [-0.4, -0.2) is 29.3 Å². The first-order valence-electron chi connectivity index (χ1n) is 9.03. The van der Waals surface area contributed by atoms with Gasteiger partial charge in [0.1, 0.15) is 12.1 Å². The molecule has 1 aromatic heterocycles. The molecule has 0 saturated carbocycles. The SMILES string of the molecule is C[C@]1(c2ccc3c(c2)CCC3)NC(=O)N(CC(=O)NCc2cccs2)C1=O. The number of rotatable bonds is 5. The molecule has 1 saturated heterocycles. The van der Waals surface area contributed by atoms with E-state index < -0.39 is 17.5 Å². The summed E-state index contributed by atoms with van der Waals surface area (Å²) in [5.74, 6) is -0.748. The summed E-state index contributed by atoms with van der Waals surface area (Å²) in [5, 5.41) is 7.46. The normalized spacial score (nSPS) is 21.3. The largest absolute Gasteiger partial charge is 0.350 e. The van der Waals surface area contributed by atoms with Crippen molar-refractivity contribution in [1.29, 1.82) is 0 Å².